The smallest absolute Gasteiger partial charge is 0.272 e. The van der Waals surface area contributed by atoms with Crippen molar-refractivity contribution in [3.63, 3.8) is 0 Å². The molecular weight excluding hydrogens is 392 g/mol. The van der Waals surface area contributed by atoms with Crippen LogP contribution in [0.1, 0.15) is 21.5 Å². The second kappa shape index (κ2) is 8.97. The number of benzene rings is 3. The van der Waals surface area contributed by atoms with Crippen LogP contribution in [0.5, 0.6) is 5.75 Å². The number of nitrogens with zero attached hydrogens (tertiary/aromatic N) is 1. The van der Waals surface area contributed by atoms with Crippen molar-refractivity contribution >= 4 is 28.1 Å². The number of halogens is 1. The third-order valence-electron chi connectivity index (χ3n) is 3.64. The van der Waals surface area contributed by atoms with Crippen LogP contribution in [0.25, 0.3) is 0 Å². The molecule has 26 heavy (non-hydrogen) atoms. The van der Waals surface area contributed by atoms with Gasteiger partial charge >= 0.3 is 0 Å². The lowest BCUT2D eigenvalue weighted by Crippen LogP contribution is -2.18. The number of ether oxygens (including phenoxy) is 1. The first-order valence-electron chi connectivity index (χ1n) is 8.08. The molecular formula is C21H17BrN2O2. The standard InChI is InChI=1S/C21H17BrN2O2/c22-19-12-6-5-11-18(19)21(25)24-23-14-17-10-4-7-13-20(17)26-15-16-8-2-1-3-9-16/h1-14H,15H2,(H,24,25)/b23-14+. The highest BCUT2D eigenvalue weighted by Gasteiger charge is 2.07. The number of rotatable bonds is 6. The fourth-order valence-corrected chi connectivity index (χ4v) is 2.78. The molecule has 0 heterocycles. The Labute approximate surface area is 160 Å². The molecule has 5 heteroatoms. The van der Waals surface area contributed by atoms with Gasteiger partial charge in [0.05, 0.1) is 11.8 Å². The lowest BCUT2D eigenvalue weighted by Gasteiger charge is -2.09. The predicted octanol–water partition coefficient (Wildman–Crippen LogP) is 4.79. The highest BCUT2D eigenvalue weighted by Crippen LogP contribution is 2.18. The van der Waals surface area contributed by atoms with E-state index >= 15 is 0 Å². The van der Waals surface area contributed by atoms with Crippen LogP contribution in [0.4, 0.5) is 0 Å². The Morgan fingerprint density at radius 3 is 2.46 bits per heavy atom. The number of para-hydroxylation sites is 1. The molecule has 0 aliphatic carbocycles. The van der Waals surface area contributed by atoms with Crippen molar-refractivity contribution in [1.29, 1.82) is 0 Å². The van der Waals surface area contributed by atoms with Crippen LogP contribution in [0.15, 0.2) is 88.4 Å². The summed E-state index contributed by atoms with van der Waals surface area (Å²) in [5.41, 5.74) is 4.93. The minimum absolute atomic E-state index is 0.281. The van der Waals surface area contributed by atoms with E-state index in [0.717, 1.165) is 15.6 Å². The van der Waals surface area contributed by atoms with E-state index in [1.165, 1.54) is 0 Å². The first-order valence-corrected chi connectivity index (χ1v) is 8.87. The molecule has 130 valence electrons. The van der Waals surface area contributed by atoms with Crippen LogP contribution in [-0.2, 0) is 6.61 Å². The van der Waals surface area contributed by atoms with Crippen LogP contribution in [0.2, 0.25) is 0 Å². The van der Waals surface area contributed by atoms with E-state index in [1.807, 2.05) is 66.7 Å². The average Bonchev–Trinajstić information content (AvgIpc) is 2.68. The van der Waals surface area contributed by atoms with Gasteiger partial charge in [-0.2, -0.15) is 5.10 Å². The fourth-order valence-electron chi connectivity index (χ4n) is 2.32. The molecule has 3 rings (SSSR count). The third-order valence-corrected chi connectivity index (χ3v) is 4.34. The molecule has 0 aliphatic rings. The molecule has 1 amide bonds. The van der Waals surface area contributed by atoms with Crippen molar-refractivity contribution in [3.8, 4) is 5.75 Å². The maximum atomic E-state index is 12.2. The summed E-state index contributed by atoms with van der Waals surface area (Å²) in [6, 6.07) is 24.7. The molecule has 0 radical (unpaired) electrons. The number of hydrogen-bond donors (Lipinski definition) is 1. The summed E-state index contributed by atoms with van der Waals surface area (Å²) in [5.74, 6) is 0.423. The van der Waals surface area contributed by atoms with Crippen LogP contribution < -0.4 is 10.2 Å². The Bertz CT molecular complexity index is 911. The van der Waals surface area contributed by atoms with E-state index in [4.69, 9.17) is 4.74 Å². The number of hydrogen-bond acceptors (Lipinski definition) is 3. The maximum Gasteiger partial charge on any atom is 0.272 e. The van der Waals surface area contributed by atoms with Crippen molar-refractivity contribution in [2.24, 2.45) is 5.10 Å². The van der Waals surface area contributed by atoms with E-state index in [9.17, 15) is 4.79 Å². The van der Waals surface area contributed by atoms with Crippen molar-refractivity contribution in [3.05, 3.63) is 100 Å². The van der Waals surface area contributed by atoms with Gasteiger partial charge in [-0.15, -0.1) is 0 Å². The van der Waals surface area contributed by atoms with Crippen LogP contribution in [0.3, 0.4) is 0 Å². The maximum absolute atomic E-state index is 12.2. The molecule has 0 aromatic heterocycles. The molecule has 0 aliphatic heterocycles. The first kappa shape index (κ1) is 17.9. The van der Waals surface area contributed by atoms with E-state index in [-0.39, 0.29) is 5.91 Å². The molecule has 3 aromatic rings. The zero-order chi connectivity index (χ0) is 18.2. The summed E-state index contributed by atoms with van der Waals surface area (Å²) < 4.78 is 6.59. The van der Waals surface area contributed by atoms with Gasteiger partial charge in [0.2, 0.25) is 0 Å². The summed E-state index contributed by atoms with van der Waals surface area (Å²) in [6.07, 6.45) is 1.58. The Morgan fingerprint density at radius 1 is 0.962 bits per heavy atom. The molecule has 0 spiro atoms. The number of nitrogens with one attached hydrogen (secondary N) is 1. The van der Waals surface area contributed by atoms with Gasteiger partial charge in [-0.05, 0) is 45.8 Å². The SMILES string of the molecule is O=C(N/N=C/c1ccccc1OCc1ccccc1)c1ccccc1Br. The zero-order valence-electron chi connectivity index (χ0n) is 13.9. The first-order chi connectivity index (χ1) is 12.7. The minimum Gasteiger partial charge on any atom is -0.488 e. The van der Waals surface area contributed by atoms with E-state index in [0.29, 0.717) is 17.9 Å². The monoisotopic (exact) mass is 408 g/mol. The molecule has 1 N–H and O–H groups in total. The quantitative estimate of drug-likeness (QED) is 0.470. The number of amides is 1. The number of hydrazone groups is 1. The Morgan fingerprint density at radius 2 is 1.65 bits per heavy atom. The van der Waals surface area contributed by atoms with Gasteiger partial charge in [-0.1, -0.05) is 54.6 Å². The lowest BCUT2D eigenvalue weighted by atomic mass is 10.2. The highest BCUT2D eigenvalue weighted by molar-refractivity contribution is 9.10. The summed E-state index contributed by atoms with van der Waals surface area (Å²) in [5, 5.41) is 4.05. The Balaban J connectivity index is 1.65. The van der Waals surface area contributed by atoms with Gasteiger partial charge in [-0.25, -0.2) is 5.43 Å². The van der Waals surface area contributed by atoms with E-state index in [1.54, 1.807) is 18.3 Å². The van der Waals surface area contributed by atoms with Crippen molar-refractivity contribution in [1.82, 2.24) is 5.43 Å². The van der Waals surface area contributed by atoms with Crippen LogP contribution >= 0.6 is 15.9 Å². The largest absolute Gasteiger partial charge is 0.488 e. The second-order valence-corrected chi connectivity index (χ2v) is 6.35. The average molecular weight is 409 g/mol. The van der Waals surface area contributed by atoms with Crippen molar-refractivity contribution < 1.29 is 9.53 Å². The highest BCUT2D eigenvalue weighted by atomic mass is 79.9. The van der Waals surface area contributed by atoms with Crippen LogP contribution in [0, 0.1) is 0 Å². The lowest BCUT2D eigenvalue weighted by molar-refractivity contribution is 0.0954. The van der Waals surface area contributed by atoms with Crippen LogP contribution in [-0.4, -0.2) is 12.1 Å². The molecule has 0 unspecified atom stereocenters. The fraction of sp³-hybridized carbons (Fsp3) is 0.0476. The summed E-state index contributed by atoms with van der Waals surface area (Å²) in [6.45, 7) is 0.467. The predicted molar refractivity (Wildman–Crippen MR) is 106 cm³/mol. The molecule has 0 saturated heterocycles. The Hall–Kier alpha value is -2.92. The van der Waals surface area contributed by atoms with Gasteiger partial charge < -0.3 is 4.74 Å². The molecule has 4 nitrogen and oxygen atoms in total. The normalized spacial score (nSPS) is 10.7. The summed E-state index contributed by atoms with van der Waals surface area (Å²) in [7, 11) is 0. The summed E-state index contributed by atoms with van der Waals surface area (Å²) >= 11 is 3.36. The van der Waals surface area contributed by atoms with Gasteiger partial charge in [-0.3, -0.25) is 4.79 Å². The minimum atomic E-state index is -0.281. The van der Waals surface area contributed by atoms with Crippen molar-refractivity contribution in [2.45, 2.75) is 6.61 Å². The summed E-state index contributed by atoms with van der Waals surface area (Å²) in [4.78, 5) is 12.2. The van der Waals surface area contributed by atoms with Gasteiger partial charge in [0.1, 0.15) is 12.4 Å². The number of carbonyl (C=O) groups is 1. The zero-order valence-corrected chi connectivity index (χ0v) is 15.5. The number of carbonyl (C=O) groups excluding carboxylic acids is 1. The molecule has 3 aromatic carbocycles. The molecule has 0 atom stereocenters. The Kier molecular flexibility index (Phi) is 6.17. The van der Waals surface area contributed by atoms with Gasteiger partial charge in [0.15, 0.2) is 0 Å². The van der Waals surface area contributed by atoms with Gasteiger partial charge in [0, 0.05) is 10.0 Å². The van der Waals surface area contributed by atoms with Crippen molar-refractivity contribution in [2.75, 3.05) is 0 Å². The van der Waals surface area contributed by atoms with E-state index < -0.39 is 0 Å². The third kappa shape index (κ3) is 4.80. The molecule has 0 saturated carbocycles. The molecule has 0 bridgehead atoms. The van der Waals surface area contributed by atoms with Gasteiger partial charge in [0.25, 0.3) is 5.91 Å². The molecule has 0 fully saturated rings. The van der Waals surface area contributed by atoms with E-state index in [2.05, 4.69) is 26.5 Å². The second-order valence-electron chi connectivity index (χ2n) is 5.49. The topological polar surface area (TPSA) is 50.7 Å².